The fraction of sp³-hybridized carbons (Fsp3) is 0.208. The Kier molecular flexibility index (Phi) is 7.99. The first-order valence-electron chi connectivity index (χ1n) is 10.2. The van der Waals surface area contributed by atoms with Crippen LogP contribution in [0, 0.1) is 0 Å². The Morgan fingerprint density at radius 3 is 2.03 bits per heavy atom. The van der Waals surface area contributed by atoms with Crippen molar-refractivity contribution in [3.63, 3.8) is 0 Å². The first-order valence-corrected chi connectivity index (χ1v) is 11.7. The van der Waals surface area contributed by atoms with Gasteiger partial charge in [0.1, 0.15) is 5.75 Å². The molecule has 0 fully saturated rings. The molecule has 0 heterocycles. The number of carbonyl (C=O) groups is 1. The van der Waals surface area contributed by atoms with E-state index in [0.29, 0.717) is 5.75 Å². The molecule has 0 aliphatic rings. The number of hydrogen-bond acceptors (Lipinski definition) is 6. The molecule has 3 N–H and O–H groups in total. The summed E-state index contributed by atoms with van der Waals surface area (Å²) in [6, 6.07) is 23.1. The molecule has 32 heavy (non-hydrogen) atoms. The number of rotatable bonds is 10. The van der Waals surface area contributed by atoms with Gasteiger partial charge < -0.3 is 15.2 Å². The van der Waals surface area contributed by atoms with Gasteiger partial charge >= 0.3 is 5.97 Å². The quantitative estimate of drug-likeness (QED) is 0.455. The van der Waals surface area contributed by atoms with Crippen LogP contribution in [0.1, 0.15) is 30.1 Å². The van der Waals surface area contributed by atoms with Crippen molar-refractivity contribution in [3.8, 4) is 5.75 Å². The van der Waals surface area contributed by atoms with Crippen LogP contribution in [0.3, 0.4) is 0 Å². The molecule has 0 unspecified atom stereocenters. The summed E-state index contributed by atoms with van der Waals surface area (Å²) < 4.78 is 39.1. The summed E-state index contributed by atoms with van der Waals surface area (Å²) in [5, 5.41) is 0. The van der Waals surface area contributed by atoms with Crippen molar-refractivity contribution in [2.45, 2.75) is 23.9 Å². The summed E-state index contributed by atoms with van der Waals surface area (Å²) in [7, 11) is -3.89. The standard InChI is InChI=1S/C24H26N2O5S/c1-2-30-22(27)17-31-20-13-15-21(16-14-20)32(28,29)26-24(19-11-7-4-8-12-19)23(25)18-9-5-3-6-10-18/h3-16,23-24,26H,2,17,25H2,1H3/t23-,24-/m0/s1. The van der Waals surface area contributed by atoms with Gasteiger partial charge in [0.05, 0.1) is 23.6 Å². The number of hydrogen-bond donors (Lipinski definition) is 2. The van der Waals surface area contributed by atoms with E-state index in [1.54, 1.807) is 6.92 Å². The lowest BCUT2D eigenvalue weighted by molar-refractivity contribution is -0.145. The highest BCUT2D eigenvalue weighted by Gasteiger charge is 2.27. The zero-order valence-corrected chi connectivity index (χ0v) is 18.5. The van der Waals surface area contributed by atoms with Crippen LogP contribution in [0.2, 0.25) is 0 Å². The molecule has 0 saturated carbocycles. The number of sulfonamides is 1. The highest BCUT2D eigenvalue weighted by Crippen LogP contribution is 2.29. The van der Waals surface area contributed by atoms with Crippen LogP contribution >= 0.6 is 0 Å². The van der Waals surface area contributed by atoms with Crippen molar-refractivity contribution in [3.05, 3.63) is 96.1 Å². The molecule has 0 amide bonds. The van der Waals surface area contributed by atoms with E-state index >= 15 is 0 Å². The van der Waals surface area contributed by atoms with Gasteiger partial charge in [-0.1, -0.05) is 60.7 Å². The minimum atomic E-state index is -3.89. The Hall–Kier alpha value is -3.20. The monoisotopic (exact) mass is 454 g/mol. The molecule has 7 nitrogen and oxygen atoms in total. The third-order valence-corrected chi connectivity index (χ3v) is 6.24. The van der Waals surface area contributed by atoms with Gasteiger partial charge in [-0.05, 0) is 42.3 Å². The van der Waals surface area contributed by atoms with Gasteiger partial charge in [0.2, 0.25) is 10.0 Å². The van der Waals surface area contributed by atoms with Gasteiger partial charge in [-0.2, -0.15) is 0 Å². The van der Waals surface area contributed by atoms with Gasteiger partial charge in [-0.3, -0.25) is 0 Å². The lowest BCUT2D eigenvalue weighted by Crippen LogP contribution is -2.36. The molecule has 168 valence electrons. The molecule has 3 rings (SSSR count). The highest BCUT2D eigenvalue weighted by molar-refractivity contribution is 7.89. The normalized spacial score (nSPS) is 13.2. The average molecular weight is 455 g/mol. The third-order valence-electron chi connectivity index (χ3n) is 4.78. The zero-order valence-electron chi connectivity index (χ0n) is 17.7. The van der Waals surface area contributed by atoms with E-state index in [1.807, 2.05) is 60.7 Å². The summed E-state index contributed by atoms with van der Waals surface area (Å²) >= 11 is 0. The number of ether oxygens (including phenoxy) is 2. The van der Waals surface area contributed by atoms with Crippen molar-refractivity contribution in [1.82, 2.24) is 4.72 Å². The predicted octanol–water partition coefficient (Wildman–Crippen LogP) is 3.35. The minimum absolute atomic E-state index is 0.0576. The molecule has 8 heteroatoms. The summed E-state index contributed by atoms with van der Waals surface area (Å²) in [5.41, 5.74) is 8.05. The van der Waals surface area contributed by atoms with Gasteiger partial charge in [0, 0.05) is 0 Å². The van der Waals surface area contributed by atoms with Crippen molar-refractivity contribution in [2.75, 3.05) is 13.2 Å². The molecule has 0 aliphatic heterocycles. The Balaban J connectivity index is 1.80. The summed E-state index contributed by atoms with van der Waals surface area (Å²) in [6.07, 6.45) is 0. The molecule has 3 aromatic rings. The van der Waals surface area contributed by atoms with E-state index in [9.17, 15) is 13.2 Å². The number of nitrogens with one attached hydrogen (secondary N) is 1. The molecular formula is C24H26N2O5S. The number of carbonyl (C=O) groups excluding carboxylic acids is 1. The lowest BCUT2D eigenvalue weighted by atomic mass is 9.95. The zero-order chi connectivity index (χ0) is 23.0. The molecule has 0 aromatic heterocycles. The Morgan fingerprint density at radius 1 is 0.906 bits per heavy atom. The third kappa shape index (κ3) is 6.16. The largest absolute Gasteiger partial charge is 0.482 e. The van der Waals surface area contributed by atoms with Crippen LogP contribution in [0.5, 0.6) is 5.75 Å². The predicted molar refractivity (Wildman–Crippen MR) is 121 cm³/mol. The van der Waals surface area contributed by atoms with Gasteiger partial charge in [0.15, 0.2) is 6.61 Å². The van der Waals surface area contributed by atoms with E-state index in [1.165, 1.54) is 24.3 Å². The Bertz CT molecular complexity index is 1100. The number of esters is 1. The van der Waals surface area contributed by atoms with Crippen LogP contribution < -0.4 is 15.2 Å². The van der Waals surface area contributed by atoms with E-state index in [2.05, 4.69) is 4.72 Å². The maximum absolute atomic E-state index is 13.1. The lowest BCUT2D eigenvalue weighted by Gasteiger charge is -2.26. The number of benzene rings is 3. The van der Waals surface area contributed by atoms with Gasteiger partial charge in [-0.15, -0.1) is 0 Å². The maximum atomic E-state index is 13.1. The van der Waals surface area contributed by atoms with E-state index in [4.69, 9.17) is 15.2 Å². The molecule has 0 saturated heterocycles. The van der Waals surface area contributed by atoms with Gasteiger partial charge in [0.25, 0.3) is 0 Å². The fourth-order valence-electron chi connectivity index (χ4n) is 3.17. The molecule has 0 radical (unpaired) electrons. The van der Waals surface area contributed by atoms with Crippen LogP contribution in [0.15, 0.2) is 89.8 Å². The second kappa shape index (κ2) is 10.9. The van der Waals surface area contributed by atoms with Crippen molar-refractivity contribution in [2.24, 2.45) is 5.73 Å². The van der Waals surface area contributed by atoms with Crippen molar-refractivity contribution >= 4 is 16.0 Å². The minimum Gasteiger partial charge on any atom is -0.482 e. The summed E-state index contributed by atoms with van der Waals surface area (Å²) in [5.74, 6) is -0.135. The van der Waals surface area contributed by atoms with Crippen LogP contribution in [-0.4, -0.2) is 27.6 Å². The fourth-order valence-corrected chi connectivity index (χ4v) is 4.42. The van der Waals surface area contributed by atoms with E-state index in [-0.39, 0.29) is 18.1 Å². The van der Waals surface area contributed by atoms with Crippen LogP contribution in [0.4, 0.5) is 0 Å². The Morgan fingerprint density at radius 2 is 1.47 bits per heavy atom. The summed E-state index contributed by atoms with van der Waals surface area (Å²) in [4.78, 5) is 11.5. The first-order chi connectivity index (χ1) is 15.4. The molecule has 0 bridgehead atoms. The molecule has 0 aliphatic carbocycles. The second-order valence-corrected chi connectivity index (χ2v) is 8.73. The topological polar surface area (TPSA) is 108 Å². The molecule has 3 aromatic carbocycles. The maximum Gasteiger partial charge on any atom is 0.344 e. The highest BCUT2D eigenvalue weighted by atomic mass is 32.2. The number of nitrogens with two attached hydrogens (primary N) is 1. The SMILES string of the molecule is CCOC(=O)COc1ccc(S(=O)(=O)N[C@@H](c2ccccc2)[C@@H](N)c2ccccc2)cc1. The van der Waals surface area contributed by atoms with Crippen LogP contribution in [0.25, 0.3) is 0 Å². The second-order valence-electron chi connectivity index (χ2n) is 7.01. The Labute approximate surface area is 188 Å². The van der Waals surface area contributed by atoms with Crippen molar-refractivity contribution < 1.29 is 22.7 Å². The van der Waals surface area contributed by atoms with E-state index in [0.717, 1.165) is 11.1 Å². The summed E-state index contributed by atoms with van der Waals surface area (Å²) in [6.45, 7) is 1.72. The van der Waals surface area contributed by atoms with Gasteiger partial charge in [-0.25, -0.2) is 17.9 Å². The average Bonchev–Trinajstić information content (AvgIpc) is 2.82. The smallest absolute Gasteiger partial charge is 0.344 e. The van der Waals surface area contributed by atoms with E-state index < -0.39 is 28.1 Å². The molecular weight excluding hydrogens is 428 g/mol. The molecule has 2 atom stereocenters. The van der Waals surface area contributed by atoms with Crippen molar-refractivity contribution in [1.29, 1.82) is 0 Å². The molecule has 0 spiro atoms. The first kappa shape index (κ1) is 23.5. The van der Waals surface area contributed by atoms with Crippen LogP contribution in [-0.2, 0) is 19.6 Å².